The Morgan fingerprint density at radius 1 is 1.31 bits per heavy atom. The normalized spacial score (nSPS) is 16.4. The Kier molecular flexibility index (Phi) is 6.75. The van der Waals surface area contributed by atoms with Crippen LogP contribution in [0.3, 0.4) is 0 Å². The summed E-state index contributed by atoms with van der Waals surface area (Å²) >= 11 is 0. The van der Waals surface area contributed by atoms with Crippen LogP contribution in [0.5, 0.6) is 5.88 Å². The molecule has 0 aromatic carbocycles. The summed E-state index contributed by atoms with van der Waals surface area (Å²) in [6.07, 6.45) is -3.26. The molecule has 0 spiro atoms. The van der Waals surface area contributed by atoms with Gasteiger partial charge < -0.3 is 19.2 Å². The number of nitrogens with one attached hydrogen (secondary N) is 1. The summed E-state index contributed by atoms with van der Waals surface area (Å²) in [6, 6.07) is 6.30. The maximum Gasteiger partial charge on any atom is 0.422 e. The highest BCUT2D eigenvalue weighted by Gasteiger charge is 2.30. The van der Waals surface area contributed by atoms with Gasteiger partial charge in [-0.1, -0.05) is 0 Å². The first-order chi connectivity index (χ1) is 13.8. The Bertz CT molecular complexity index is 819. The van der Waals surface area contributed by atoms with Crippen LogP contribution in [0.1, 0.15) is 27.9 Å². The van der Waals surface area contributed by atoms with Crippen molar-refractivity contribution in [2.24, 2.45) is 0 Å². The highest BCUT2D eigenvalue weighted by molar-refractivity contribution is 5.96. The highest BCUT2D eigenvalue weighted by atomic mass is 19.4. The Labute approximate surface area is 165 Å². The first kappa shape index (κ1) is 21.1. The number of carbonyl (C=O) groups is 1. The number of alkyl halides is 3. The number of nitrogens with zero attached hydrogens (tertiary/aromatic N) is 2. The molecule has 0 bridgehead atoms. The monoisotopic (exact) mass is 413 g/mol. The van der Waals surface area contributed by atoms with Crippen molar-refractivity contribution < 1.29 is 31.9 Å². The zero-order chi connectivity index (χ0) is 20.9. The molecule has 1 saturated heterocycles. The molecule has 1 amide bonds. The minimum absolute atomic E-state index is 0.0619. The molecular weight excluding hydrogens is 391 g/mol. The van der Waals surface area contributed by atoms with Crippen LogP contribution in [0.4, 0.5) is 13.2 Å². The van der Waals surface area contributed by atoms with Crippen LogP contribution >= 0.6 is 0 Å². The van der Waals surface area contributed by atoms with Gasteiger partial charge in [0.15, 0.2) is 6.61 Å². The first-order valence-electron chi connectivity index (χ1n) is 9.14. The third-order valence-corrected chi connectivity index (χ3v) is 4.42. The number of hydrogen-bond donors (Lipinski definition) is 1. The largest absolute Gasteiger partial charge is 0.467 e. The van der Waals surface area contributed by atoms with E-state index in [0.717, 1.165) is 5.76 Å². The fourth-order valence-electron chi connectivity index (χ4n) is 3.04. The van der Waals surface area contributed by atoms with E-state index in [1.54, 1.807) is 0 Å². The molecule has 1 aliphatic heterocycles. The average Bonchev–Trinajstić information content (AvgIpc) is 3.13. The standard InChI is InChI=1S/C19H22F3N3O4/c1-13-4-5-16(29-13)15(25-7-9-27-10-8-25)11-24-17(26)14-3-2-6-23-18(14)28-12-19(20,21)22/h2-6,15H,7-12H2,1H3,(H,24,26). The SMILES string of the molecule is Cc1ccc(C(CNC(=O)c2cccnc2OCC(F)(F)F)N2CCOCC2)o1. The number of morpholine rings is 1. The molecule has 1 N–H and O–H groups in total. The summed E-state index contributed by atoms with van der Waals surface area (Å²) in [5.74, 6) is 0.514. The second kappa shape index (κ2) is 9.27. The predicted octanol–water partition coefficient (Wildman–Crippen LogP) is 2.73. The third kappa shape index (κ3) is 5.94. The third-order valence-electron chi connectivity index (χ3n) is 4.42. The molecule has 158 valence electrons. The van der Waals surface area contributed by atoms with E-state index in [1.807, 2.05) is 19.1 Å². The highest BCUT2D eigenvalue weighted by Crippen LogP contribution is 2.24. The number of pyridine rings is 1. The molecule has 1 aliphatic rings. The van der Waals surface area contributed by atoms with E-state index in [2.05, 4.69) is 15.2 Å². The molecule has 1 unspecified atom stereocenters. The minimum atomic E-state index is -4.52. The molecule has 0 saturated carbocycles. The van der Waals surface area contributed by atoms with Gasteiger partial charge in [-0.2, -0.15) is 13.2 Å². The van der Waals surface area contributed by atoms with Crippen molar-refractivity contribution in [3.63, 3.8) is 0 Å². The van der Waals surface area contributed by atoms with Crippen molar-refractivity contribution in [3.8, 4) is 5.88 Å². The topological polar surface area (TPSA) is 76.8 Å². The van der Waals surface area contributed by atoms with E-state index in [4.69, 9.17) is 13.9 Å². The van der Waals surface area contributed by atoms with E-state index in [0.29, 0.717) is 32.1 Å². The molecule has 3 heterocycles. The Morgan fingerprint density at radius 2 is 2.07 bits per heavy atom. The number of amides is 1. The summed E-state index contributed by atoms with van der Waals surface area (Å²) in [7, 11) is 0. The van der Waals surface area contributed by atoms with E-state index >= 15 is 0 Å². The van der Waals surface area contributed by atoms with Crippen LogP contribution in [-0.4, -0.2) is 61.4 Å². The lowest BCUT2D eigenvalue weighted by Gasteiger charge is -2.33. The minimum Gasteiger partial charge on any atom is -0.467 e. The number of hydrogen-bond acceptors (Lipinski definition) is 6. The summed E-state index contributed by atoms with van der Waals surface area (Å²) in [5.41, 5.74) is -0.0619. The van der Waals surface area contributed by atoms with Gasteiger partial charge in [0.1, 0.15) is 17.1 Å². The zero-order valence-corrected chi connectivity index (χ0v) is 15.9. The van der Waals surface area contributed by atoms with Gasteiger partial charge in [0.05, 0.1) is 19.3 Å². The summed E-state index contributed by atoms with van der Waals surface area (Å²) in [5, 5.41) is 2.76. The molecule has 1 atom stereocenters. The van der Waals surface area contributed by atoms with Crippen molar-refractivity contribution in [3.05, 3.63) is 47.5 Å². The van der Waals surface area contributed by atoms with Gasteiger partial charge in [-0.25, -0.2) is 4.98 Å². The maximum atomic E-state index is 12.6. The Hall–Kier alpha value is -2.59. The van der Waals surface area contributed by atoms with Gasteiger partial charge in [-0.15, -0.1) is 0 Å². The molecule has 2 aromatic rings. The number of rotatable bonds is 7. The van der Waals surface area contributed by atoms with Crippen molar-refractivity contribution in [2.75, 3.05) is 39.5 Å². The quantitative estimate of drug-likeness (QED) is 0.752. The van der Waals surface area contributed by atoms with Crippen LogP contribution < -0.4 is 10.1 Å². The van der Waals surface area contributed by atoms with Crippen molar-refractivity contribution in [1.82, 2.24) is 15.2 Å². The molecular formula is C19H22F3N3O4. The number of carbonyl (C=O) groups excluding carboxylic acids is 1. The second-order valence-electron chi connectivity index (χ2n) is 6.58. The lowest BCUT2D eigenvalue weighted by Crippen LogP contribution is -2.43. The number of halogens is 3. The fraction of sp³-hybridized carbons (Fsp3) is 0.474. The van der Waals surface area contributed by atoms with Crippen LogP contribution in [0, 0.1) is 6.92 Å². The fourth-order valence-corrected chi connectivity index (χ4v) is 3.04. The molecule has 3 rings (SSSR count). The number of aryl methyl sites for hydroxylation is 1. The predicted molar refractivity (Wildman–Crippen MR) is 96.7 cm³/mol. The summed E-state index contributed by atoms with van der Waals surface area (Å²) in [4.78, 5) is 18.5. The molecule has 7 nitrogen and oxygen atoms in total. The van der Waals surface area contributed by atoms with Crippen LogP contribution in [0.2, 0.25) is 0 Å². The molecule has 0 aliphatic carbocycles. The molecule has 1 fully saturated rings. The zero-order valence-electron chi connectivity index (χ0n) is 15.9. The van der Waals surface area contributed by atoms with Crippen molar-refractivity contribution in [2.45, 2.75) is 19.1 Å². The molecule has 29 heavy (non-hydrogen) atoms. The van der Waals surface area contributed by atoms with Gasteiger partial charge >= 0.3 is 6.18 Å². The van der Waals surface area contributed by atoms with Gasteiger partial charge in [0, 0.05) is 25.8 Å². The van der Waals surface area contributed by atoms with Crippen molar-refractivity contribution in [1.29, 1.82) is 0 Å². The van der Waals surface area contributed by atoms with E-state index < -0.39 is 18.7 Å². The van der Waals surface area contributed by atoms with E-state index in [1.165, 1.54) is 18.3 Å². The van der Waals surface area contributed by atoms with Crippen molar-refractivity contribution >= 4 is 5.91 Å². The number of aromatic nitrogens is 1. The van der Waals surface area contributed by atoms with Gasteiger partial charge in [0.2, 0.25) is 5.88 Å². The smallest absolute Gasteiger partial charge is 0.422 e. The lowest BCUT2D eigenvalue weighted by molar-refractivity contribution is -0.154. The van der Waals surface area contributed by atoms with E-state index in [9.17, 15) is 18.0 Å². The first-order valence-corrected chi connectivity index (χ1v) is 9.14. The molecule has 2 aromatic heterocycles. The van der Waals surface area contributed by atoms with Crippen LogP contribution in [0.25, 0.3) is 0 Å². The molecule has 0 radical (unpaired) electrons. The van der Waals surface area contributed by atoms with Crippen LogP contribution in [-0.2, 0) is 4.74 Å². The Morgan fingerprint density at radius 3 is 2.72 bits per heavy atom. The van der Waals surface area contributed by atoms with E-state index in [-0.39, 0.29) is 24.0 Å². The lowest BCUT2D eigenvalue weighted by atomic mass is 10.1. The van der Waals surface area contributed by atoms with Gasteiger partial charge in [0.25, 0.3) is 5.91 Å². The Balaban J connectivity index is 1.70. The number of ether oxygens (including phenoxy) is 2. The molecule has 10 heteroatoms. The van der Waals surface area contributed by atoms with Gasteiger partial charge in [-0.05, 0) is 31.2 Å². The summed E-state index contributed by atoms with van der Waals surface area (Å²) < 4.78 is 53.1. The second-order valence-corrected chi connectivity index (χ2v) is 6.58. The van der Waals surface area contributed by atoms with Gasteiger partial charge in [-0.3, -0.25) is 9.69 Å². The maximum absolute atomic E-state index is 12.6. The number of furan rings is 1. The van der Waals surface area contributed by atoms with Crippen LogP contribution in [0.15, 0.2) is 34.9 Å². The summed E-state index contributed by atoms with van der Waals surface area (Å²) in [6.45, 7) is 3.01. The average molecular weight is 413 g/mol.